The Labute approximate surface area is 153 Å². The quantitative estimate of drug-likeness (QED) is 0.452. The normalized spacial score (nSPS) is 13.0. The largest absolute Gasteiger partial charge is 0.291 e. The molecule has 0 spiro atoms. The third-order valence-electron chi connectivity index (χ3n) is 4.06. The molecule has 6 heteroatoms. The van der Waals surface area contributed by atoms with Gasteiger partial charge < -0.3 is 0 Å². The molecule has 0 aliphatic carbocycles. The van der Waals surface area contributed by atoms with Crippen molar-refractivity contribution in [3.8, 4) is 10.6 Å². The number of thiophene rings is 1. The molecule has 3 aromatic heterocycles. The number of aromatic nitrogens is 2. The monoisotopic (exact) mass is 371 g/mol. The Morgan fingerprint density at radius 3 is 2.79 bits per heavy atom. The van der Waals surface area contributed by atoms with Crippen LogP contribution in [0, 0.1) is 0 Å². The van der Waals surface area contributed by atoms with Crippen LogP contribution in [-0.2, 0) is 6.54 Å². The van der Waals surface area contributed by atoms with Crippen LogP contribution in [0.3, 0.4) is 0 Å². The van der Waals surface area contributed by atoms with Crippen LogP contribution in [0.4, 0.5) is 0 Å². The third-order valence-corrected chi connectivity index (χ3v) is 6.89. The van der Waals surface area contributed by atoms with Crippen LogP contribution in [0.25, 0.3) is 20.8 Å². The summed E-state index contributed by atoms with van der Waals surface area (Å²) in [5.74, 6) is 0. The Bertz CT molecular complexity index is 906. The lowest BCUT2D eigenvalue weighted by atomic mass is 10.3. The smallest absolute Gasteiger partial charge is 0.124 e. The zero-order chi connectivity index (χ0) is 16.5. The molecule has 0 amide bonds. The van der Waals surface area contributed by atoms with Gasteiger partial charge in [-0.05, 0) is 37.6 Å². The molecule has 0 saturated heterocycles. The van der Waals surface area contributed by atoms with Crippen molar-refractivity contribution in [2.24, 2.45) is 0 Å². The first-order chi connectivity index (χ1) is 11.7. The Morgan fingerprint density at radius 2 is 2.00 bits per heavy atom. The van der Waals surface area contributed by atoms with E-state index in [2.05, 4.69) is 59.3 Å². The van der Waals surface area contributed by atoms with E-state index in [1.807, 2.05) is 6.07 Å². The lowest BCUT2D eigenvalue weighted by Gasteiger charge is -2.21. The highest BCUT2D eigenvalue weighted by Gasteiger charge is 2.17. The fourth-order valence-corrected chi connectivity index (χ4v) is 5.16. The highest BCUT2D eigenvalue weighted by atomic mass is 32.1. The highest BCUT2D eigenvalue weighted by Crippen LogP contribution is 2.30. The second-order valence-corrected chi connectivity index (χ2v) is 8.47. The van der Waals surface area contributed by atoms with E-state index in [0.717, 1.165) is 27.8 Å². The topological polar surface area (TPSA) is 29.0 Å². The Balaban J connectivity index is 1.50. The zero-order valence-corrected chi connectivity index (χ0v) is 15.9. The number of nitrogens with zero attached hydrogens (tertiary/aromatic N) is 3. The third kappa shape index (κ3) is 3.15. The Kier molecular flexibility index (Phi) is 4.45. The molecule has 3 nitrogen and oxygen atoms in total. The number of fused-ring (bicyclic) bond motifs is 1. The van der Waals surface area contributed by atoms with Crippen LogP contribution in [0.2, 0.25) is 0 Å². The van der Waals surface area contributed by atoms with Crippen molar-refractivity contribution in [3.63, 3.8) is 0 Å². The summed E-state index contributed by atoms with van der Waals surface area (Å²) in [6, 6.07) is 10.7. The predicted molar refractivity (Wildman–Crippen MR) is 105 cm³/mol. The highest BCUT2D eigenvalue weighted by molar-refractivity contribution is 7.18. The molecular formula is C18H17N3S3. The molecule has 0 aliphatic rings. The molecule has 0 bridgehead atoms. The molecular weight excluding hydrogens is 354 g/mol. The van der Waals surface area contributed by atoms with Crippen LogP contribution in [0.5, 0.6) is 0 Å². The zero-order valence-electron chi connectivity index (χ0n) is 13.5. The summed E-state index contributed by atoms with van der Waals surface area (Å²) in [6.07, 6.45) is 0. The lowest BCUT2D eigenvalue weighted by molar-refractivity contribution is 0.250. The fraction of sp³-hybridized carbons (Fsp3) is 0.222. The van der Waals surface area contributed by atoms with Crippen molar-refractivity contribution < 1.29 is 0 Å². The number of benzene rings is 1. The molecule has 0 unspecified atom stereocenters. The number of thiazole rings is 2. The van der Waals surface area contributed by atoms with Crippen molar-refractivity contribution in [1.82, 2.24) is 14.9 Å². The van der Waals surface area contributed by atoms with Crippen molar-refractivity contribution in [2.75, 3.05) is 7.05 Å². The number of rotatable bonds is 5. The molecule has 1 aromatic carbocycles. The molecule has 122 valence electrons. The number of para-hydroxylation sites is 1. The van der Waals surface area contributed by atoms with Crippen molar-refractivity contribution in [1.29, 1.82) is 0 Å². The predicted octanol–water partition coefficient (Wildman–Crippen LogP) is 5.67. The minimum atomic E-state index is 0.272. The summed E-state index contributed by atoms with van der Waals surface area (Å²) in [5.41, 5.74) is 3.43. The van der Waals surface area contributed by atoms with Crippen LogP contribution in [0.15, 0.2) is 46.5 Å². The molecule has 1 atom stereocenters. The molecule has 0 saturated carbocycles. The molecule has 3 heterocycles. The fourth-order valence-electron chi connectivity index (χ4n) is 2.55. The van der Waals surface area contributed by atoms with E-state index >= 15 is 0 Å². The average molecular weight is 372 g/mol. The summed E-state index contributed by atoms with van der Waals surface area (Å²) < 4.78 is 1.25. The van der Waals surface area contributed by atoms with E-state index in [9.17, 15) is 0 Å². The maximum Gasteiger partial charge on any atom is 0.124 e. The minimum absolute atomic E-state index is 0.272. The van der Waals surface area contributed by atoms with Gasteiger partial charge in [0, 0.05) is 22.9 Å². The van der Waals surface area contributed by atoms with Gasteiger partial charge in [0.05, 0.1) is 22.0 Å². The molecule has 4 rings (SSSR count). The Morgan fingerprint density at radius 1 is 1.12 bits per heavy atom. The first-order valence-electron chi connectivity index (χ1n) is 7.73. The maximum absolute atomic E-state index is 4.78. The summed E-state index contributed by atoms with van der Waals surface area (Å²) in [6.45, 7) is 3.04. The van der Waals surface area contributed by atoms with Gasteiger partial charge >= 0.3 is 0 Å². The summed E-state index contributed by atoms with van der Waals surface area (Å²) in [4.78, 5) is 11.9. The first kappa shape index (κ1) is 15.9. The SMILES string of the molecule is C[C@H](c1nc2ccccc2s1)N(C)Cc1csc(-c2ccsc2)n1. The number of hydrogen-bond donors (Lipinski definition) is 0. The summed E-state index contributed by atoms with van der Waals surface area (Å²) in [7, 11) is 2.14. The molecule has 0 aliphatic heterocycles. The van der Waals surface area contributed by atoms with Crippen molar-refractivity contribution >= 4 is 44.2 Å². The van der Waals surface area contributed by atoms with Gasteiger partial charge in [-0.25, -0.2) is 9.97 Å². The van der Waals surface area contributed by atoms with E-state index in [-0.39, 0.29) is 6.04 Å². The Hall–Kier alpha value is -1.60. The summed E-state index contributed by atoms with van der Waals surface area (Å²) >= 11 is 5.21. The van der Waals surface area contributed by atoms with Gasteiger partial charge in [0.25, 0.3) is 0 Å². The summed E-state index contributed by atoms with van der Waals surface area (Å²) in [5, 5.41) is 8.67. The maximum atomic E-state index is 4.78. The van der Waals surface area contributed by atoms with Gasteiger partial charge in [-0.15, -0.1) is 22.7 Å². The van der Waals surface area contributed by atoms with Gasteiger partial charge in [0.2, 0.25) is 0 Å². The molecule has 0 N–H and O–H groups in total. The van der Waals surface area contributed by atoms with Crippen LogP contribution in [0.1, 0.15) is 23.7 Å². The molecule has 4 aromatic rings. The molecule has 0 radical (unpaired) electrons. The second kappa shape index (κ2) is 6.72. The van der Waals surface area contributed by atoms with Crippen LogP contribution < -0.4 is 0 Å². The van der Waals surface area contributed by atoms with E-state index in [4.69, 9.17) is 9.97 Å². The molecule has 0 fully saturated rings. The second-order valence-electron chi connectivity index (χ2n) is 5.77. The van der Waals surface area contributed by atoms with Crippen molar-refractivity contribution in [3.05, 3.63) is 57.2 Å². The van der Waals surface area contributed by atoms with Gasteiger partial charge in [0.1, 0.15) is 10.0 Å². The van der Waals surface area contributed by atoms with Gasteiger partial charge in [-0.2, -0.15) is 11.3 Å². The van der Waals surface area contributed by atoms with Crippen LogP contribution in [-0.4, -0.2) is 21.9 Å². The standard InChI is InChI=1S/C18H17N3S3/c1-12(17-20-15-5-3-4-6-16(15)24-17)21(2)9-14-11-23-18(19-14)13-7-8-22-10-13/h3-8,10-12H,9H2,1-2H3/t12-/m1/s1. The average Bonchev–Trinajstić information content (AvgIpc) is 3.32. The van der Waals surface area contributed by atoms with E-state index < -0.39 is 0 Å². The minimum Gasteiger partial charge on any atom is -0.291 e. The van der Waals surface area contributed by atoms with E-state index in [1.54, 1.807) is 34.0 Å². The van der Waals surface area contributed by atoms with Crippen molar-refractivity contribution in [2.45, 2.75) is 19.5 Å². The van der Waals surface area contributed by atoms with Crippen LogP contribution >= 0.6 is 34.0 Å². The lowest BCUT2D eigenvalue weighted by Crippen LogP contribution is -2.21. The molecule has 24 heavy (non-hydrogen) atoms. The van der Waals surface area contributed by atoms with E-state index in [1.165, 1.54) is 10.3 Å². The number of hydrogen-bond acceptors (Lipinski definition) is 6. The van der Waals surface area contributed by atoms with Gasteiger partial charge in [0.15, 0.2) is 0 Å². The van der Waals surface area contributed by atoms with Gasteiger partial charge in [-0.1, -0.05) is 12.1 Å². The van der Waals surface area contributed by atoms with E-state index in [0.29, 0.717) is 0 Å². The first-order valence-corrected chi connectivity index (χ1v) is 10.4. The van der Waals surface area contributed by atoms with Gasteiger partial charge in [-0.3, -0.25) is 4.90 Å².